The summed E-state index contributed by atoms with van der Waals surface area (Å²) in [5.41, 5.74) is -0.266. The van der Waals surface area contributed by atoms with Crippen LogP contribution in [0.2, 0.25) is 0 Å². The van der Waals surface area contributed by atoms with E-state index in [2.05, 4.69) is 12.2 Å². The third-order valence-corrected chi connectivity index (χ3v) is 5.30. The number of piperidine rings is 1. The Morgan fingerprint density at radius 2 is 1.95 bits per heavy atom. The van der Waals surface area contributed by atoms with Crippen LogP contribution in [0.4, 0.5) is 0 Å². The van der Waals surface area contributed by atoms with Crippen molar-refractivity contribution in [2.45, 2.75) is 51.2 Å². The Balaban J connectivity index is 1.56. The van der Waals surface area contributed by atoms with Crippen molar-refractivity contribution in [1.29, 1.82) is 0 Å². The van der Waals surface area contributed by atoms with E-state index in [0.29, 0.717) is 11.8 Å². The Morgan fingerprint density at radius 1 is 1.30 bits per heavy atom. The highest BCUT2D eigenvalue weighted by atomic mass is 16.5. The number of morpholine rings is 1. The number of rotatable bonds is 1. The summed E-state index contributed by atoms with van der Waals surface area (Å²) >= 11 is 0. The van der Waals surface area contributed by atoms with E-state index >= 15 is 0 Å². The summed E-state index contributed by atoms with van der Waals surface area (Å²) in [6, 6.07) is 0.0322. The molecule has 0 aromatic rings. The van der Waals surface area contributed by atoms with E-state index in [4.69, 9.17) is 4.74 Å². The molecule has 3 fully saturated rings. The van der Waals surface area contributed by atoms with Crippen LogP contribution in [-0.2, 0) is 14.3 Å². The van der Waals surface area contributed by atoms with E-state index in [1.165, 1.54) is 0 Å². The molecule has 20 heavy (non-hydrogen) atoms. The maximum absolute atomic E-state index is 12.3. The number of likely N-dealkylation sites (tertiary alicyclic amines) is 1. The SMILES string of the molecule is CC1CC(C(=O)N2CCC3(CC2)OCC(=O)NC3C)C1. The van der Waals surface area contributed by atoms with Gasteiger partial charge >= 0.3 is 0 Å². The summed E-state index contributed by atoms with van der Waals surface area (Å²) in [6.45, 7) is 5.86. The first-order valence-corrected chi connectivity index (χ1v) is 7.72. The molecule has 2 saturated heterocycles. The molecule has 5 heteroatoms. The van der Waals surface area contributed by atoms with Crippen molar-refractivity contribution in [2.75, 3.05) is 19.7 Å². The molecule has 2 amide bonds. The van der Waals surface area contributed by atoms with E-state index < -0.39 is 0 Å². The van der Waals surface area contributed by atoms with E-state index in [9.17, 15) is 9.59 Å². The molecule has 2 aliphatic heterocycles. The summed E-state index contributed by atoms with van der Waals surface area (Å²) in [7, 11) is 0. The minimum absolute atomic E-state index is 0.0322. The summed E-state index contributed by atoms with van der Waals surface area (Å²) < 4.78 is 5.83. The van der Waals surface area contributed by atoms with Gasteiger partial charge in [-0.25, -0.2) is 0 Å². The molecule has 1 N–H and O–H groups in total. The quantitative estimate of drug-likeness (QED) is 0.777. The van der Waals surface area contributed by atoms with Gasteiger partial charge in [-0.2, -0.15) is 0 Å². The molecule has 0 aromatic carbocycles. The van der Waals surface area contributed by atoms with Crippen LogP contribution in [0.15, 0.2) is 0 Å². The summed E-state index contributed by atoms with van der Waals surface area (Å²) in [5.74, 6) is 1.25. The van der Waals surface area contributed by atoms with Crippen molar-refractivity contribution in [1.82, 2.24) is 10.2 Å². The van der Waals surface area contributed by atoms with E-state index in [-0.39, 0.29) is 30.1 Å². The van der Waals surface area contributed by atoms with Gasteiger partial charge in [0.15, 0.2) is 0 Å². The largest absolute Gasteiger partial charge is 0.363 e. The minimum atomic E-state index is -0.266. The molecule has 0 radical (unpaired) electrons. The van der Waals surface area contributed by atoms with Crippen molar-refractivity contribution < 1.29 is 14.3 Å². The monoisotopic (exact) mass is 280 g/mol. The zero-order chi connectivity index (χ0) is 14.3. The lowest BCUT2D eigenvalue weighted by molar-refractivity contribution is -0.165. The average Bonchev–Trinajstić information content (AvgIpc) is 2.40. The van der Waals surface area contributed by atoms with Crippen LogP contribution in [0, 0.1) is 11.8 Å². The van der Waals surface area contributed by atoms with Crippen molar-refractivity contribution in [3.05, 3.63) is 0 Å². The Bertz CT molecular complexity index is 409. The molecule has 5 nitrogen and oxygen atoms in total. The topological polar surface area (TPSA) is 58.6 Å². The van der Waals surface area contributed by atoms with Gasteiger partial charge in [0, 0.05) is 19.0 Å². The number of hydrogen-bond donors (Lipinski definition) is 1. The van der Waals surface area contributed by atoms with Gasteiger partial charge in [0.05, 0.1) is 11.6 Å². The average molecular weight is 280 g/mol. The zero-order valence-corrected chi connectivity index (χ0v) is 12.4. The van der Waals surface area contributed by atoms with Crippen LogP contribution in [0.5, 0.6) is 0 Å². The lowest BCUT2D eigenvalue weighted by atomic mass is 9.75. The Labute approximate surface area is 120 Å². The first-order chi connectivity index (χ1) is 9.50. The van der Waals surface area contributed by atoms with Gasteiger partial charge < -0.3 is 15.0 Å². The Kier molecular flexibility index (Phi) is 3.48. The fourth-order valence-corrected chi connectivity index (χ4v) is 3.79. The van der Waals surface area contributed by atoms with Crippen LogP contribution >= 0.6 is 0 Å². The molecule has 1 unspecified atom stereocenters. The number of nitrogens with one attached hydrogen (secondary N) is 1. The molecule has 1 atom stereocenters. The third-order valence-electron chi connectivity index (χ3n) is 5.30. The second-order valence-corrected chi connectivity index (χ2v) is 6.74. The maximum Gasteiger partial charge on any atom is 0.246 e. The number of carbonyl (C=O) groups is 2. The smallest absolute Gasteiger partial charge is 0.246 e. The fourth-order valence-electron chi connectivity index (χ4n) is 3.79. The van der Waals surface area contributed by atoms with E-state index in [1.54, 1.807) is 0 Å². The van der Waals surface area contributed by atoms with Crippen LogP contribution in [0.1, 0.15) is 39.5 Å². The number of nitrogens with zero attached hydrogens (tertiary/aromatic N) is 1. The van der Waals surface area contributed by atoms with Crippen LogP contribution in [0.3, 0.4) is 0 Å². The van der Waals surface area contributed by atoms with Crippen LogP contribution in [-0.4, -0.2) is 48.1 Å². The normalized spacial score (nSPS) is 36.4. The molecule has 1 aliphatic carbocycles. The number of ether oxygens (including phenoxy) is 1. The molecule has 0 bridgehead atoms. The van der Waals surface area contributed by atoms with E-state index in [1.807, 2.05) is 11.8 Å². The van der Waals surface area contributed by atoms with Crippen molar-refractivity contribution in [3.8, 4) is 0 Å². The molecule has 1 spiro atoms. The highest BCUT2D eigenvalue weighted by Crippen LogP contribution is 2.37. The number of carbonyl (C=O) groups excluding carboxylic acids is 2. The number of amides is 2. The van der Waals surface area contributed by atoms with Gasteiger partial charge in [-0.05, 0) is 38.5 Å². The van der Waals surface area contributed by atoms with Gasteiger partial charge in [0.2, 0.25) is 11.8 Å². The van der Waals surface area contributed by atoms with Crippen LogP contribution < -0.4 is 5.32 Å². The van der Waals surface area contributed by atoms with Crippen molar-refractivity contribution in [3.63, 3.8) is 0 Å². The zero-order valence-electron chi connectivity index (χ0n) is 12.4. The fraction of sp³-hybridized carbons (Fsp3) is 0.867. The second-order valence-electron chi connectivity index (χ2n) is 6.74. The Hall–Kier alpha value is -1.10. The van der Waals surface area contributed by atoms with Crippen molar-refractivity contribution >= 4 is 11.8 Å². The van der Waals surface area contributed by atoms with Crippen molar-refractivity contribution in [2.24, 2.45) is 11.8 Å². The lowest BCUT2D eigenvalue weighted by Gasteiger charge is -2.48. The summed E-state index contributed by atoms with van der Waals surface area (Å²) in [4.78, 5) is 25.7. The first-order valence-electron chi connectivity index (χ1n) is 7.72. The standard InChI is InChI=1S/C15H24N2O3/c1-10-7-12(8-10)14(19)17-5-3-15(4-6-17)11(2)16-13(18)9-20-15/h10-12H,3-9H2,1-2H3,(H,16,18). The Morgan fingerprint density at radius 3 is 2.50 bits per heavy atom. The molecule has 0 aromatic heterocycles. The van der Waals surface area contributed by atoms with Gasteiger partial charge in [-0.3, -0.25) is 9.59 Å². The van der Waals surface area contributed by atoms with Gasteiger partial charge in [-0.15, -0.1) is 0 Å². The van der Waals surface area contributed by atoms with Gasteiger partial charge in [0.25, 0.3) is 0 Å². The third kappa shape index (κ3) is 2.32. The predicted molar refractivity (Wildman–Crippen MR) is 74.0 cm³/mol. The summed E-state index contributed by atoms with van der Waals surface area (Å²) in [5, 5.41) is 2.97. The minimum Gasteiger partial charge on any atom is -0.363 e. The molecular formula is C15H24N2O3. The molecule has 112 valence electrons. The molecule has 3 rings (SSSR count). The molecular weight excluding hydrogens is 256 g/mol. The van der Waals surface area contributed by atoms with E-state index in [0.717, 1.165) is 38.8 Å². The number of hydrogen-bond acceptors (Lipinski definition) is 3. The highest BCUT2D eigenvalue weighted by molar-refractivity contribution is 5.80. The van der Waals surface area contributed by atoms with Crippen LogP contribution in [0.25, 0.3) is 0 Å². The van der Waals surface area contributed by atoms with Gasteiger partial charge in [-0.1, -0.05) is 6.92 Å². The molecule has 2 heterocycles. The maximum atomic E-state index is 12.3. The highest BCUT2D eigenvalue weighted by Gasteiger charge is 2.46. The van der Waals surface area contributed by atoms with Gasteiger partial charge in [0.1, 0.15) is 6.61 Å². The second kappa shape index (κ2) is 5.02. The predicted octanol–water partition coefficient (Wildman–Crippen LogP) is 0.929. The summed E-state index contributed by atoms with van der Waals surface area (Å²) in [6.07, 6.45) is 3.73. The molecule has 3 aliphatic rings. The lowest BCUT2D eigenvalue weighted by Crippen LogP contribution is -2.63. The molecule has 1 saturated carbocycles. The first kappa shape index (κ1) is 13.9.